The van der Waals surface area contributed by atoms with Crippen LogP contribution in [0.5, 0.6) is 0 Å². The molecular formula is C16H22O2. The van der Waals surface area contributed by atoms with E-state index in [0.29, 0.717) is 12.5 Å². The molecule has 0 spiro atoms. The Kier molecular flexibility index (Phi) is 4.07. The minimum absolute atomic E-state index is 0.230. The summed E-state index contributed by atoms with van der Waals surface area (Å²) in [5.74, 6) is 1.57. The third kappa shape index (κ3) is 3.14. The zero-order chi connectivity index (χ0) is 13.1. The Morgan fingerprint density at radius 3 is 2.61 bits per heavy atom. The summed E-state index contributed by atoms with van der Waals surface area (Å²) in [5.41, 5.74) is 2.33. The molecule has 0 aliphatic heterocycles. The zero-order valence-corrected chi connectivity index (χ0v) is 11.7. The molecule has 0 saturated carbocycles. The topological polar surface area (TPSA) is 22.4 Å². The summed E-state index contributed by atoms with van der Waals surface area (Å²) in [6.07, 6.45) is 1.31. The van der Waals surface area contributed by atoms with Crippen molar-refractivity contribution in [3.8, 4) is 0 Å². The van der Waals surface area contributed by atoms with Gasteiger partial charge in [-0.1, -0.05) is 26.0 Å². The summed E-state index contributed by atoms with van der Waals surface area (Å²) >= 11 is 0. The van der Waals surface area contributed by atoms with Crippen molar-refractivity contribution in [3.05, 3.63) is 35.6 Å². The van der Waals surface area contributed by atoms with Crippen LogP contribution in [0.25, 0.3) is 11.0 Å². The molecule has 2 nitrogen and oxygen atoms in total. The van der Waals surface area contributed by atoms with Crippen molar-refractivity contribution < 1.29 is 9.15 Å². The standard InChI is InChI=1S/C16H22O2/c1-11(2)8-13-6-5-7-16-15(13)9-14(18-16)10-17-12(3)4/h5-7,9,11-12H,8,10H2,1-4H3. The summed E-state index contributed by atoms with van der Waals surface area (Å²) in [5, 5.41) is 1.23. The van der Waals surface area contributed by atoms with Gasteiger partial charge in [-0.3, -0.25) is 0 Å². The molecule has 1 heterocycles. The second-order valence-corrected chi connectivity index (χ2v) is 5.50. The molecule has 0 atom stereocenters. The number of hydrogen-bond acceptors (Lipinski definition) is 2. The summed E-state index contributed by atoms with van der Waals surface area (Å²) in [4.78, 5) is 0. The average molecular weight is 246 g/mol. The first-order chi connectivity index (χ1) is 8.56. The molecule has 2 rings (SSSR count). The van der Waals surface area contributed by atoms with Gasteiger partial charge in [-0.05, 0) is 43.9 Å². The molecule has 0 radical (unpaired) electrons. The molecule has 18 heavy (non-hydrogen) atoms. The van der Waals surface area contributed by atoms with Crippen LogP contribution < -0.4 is 0 Å². The minimum atomic E-state index is 0.230. The van der Waals surface area contributed by atoms with Crippen LogP contribution in [0.3, 0.4) is 0 Å². The first-order valence-electron chi connectivity index (χ1n) is 6.68. The number of fused-ring (bicyclic) bond motifs is 1. The number of ether oxygens (including phenoxy) is 1. The van der Waals surface area contributed by atoms with E-state index in [2.05, 4.69) is 32.0 Å². The lowest BCUT2D eigenvalue weighted by Gasteiger charge is -2.05. The van der Waals surface area contributed by atoms with Gasteiger partial charge in [0.05, 0.1) is 6.10 Å². The lowest BCUT2D eigenvalue weighted by atomic mass is 10.00. The van der Waals surface area contributed by atoms with E-state index in [1.54, 1.807) is 0 Å². The van der Waals surface area contributed by atoms with Crippen molar-refractivity contribution in [2.75, 3.05) is 0 Å². The van der Waals surface area contributed by atoms with Gasteiger partial charge in [0.25, 0.3) is 0 Å². The lowest BCUT2D eigenvalue weighted by Crippen LogP contribution is -2.01. The first kappa shape index (κ1) is 13.2. The fourth-order valence-corrected chi connectivity index (χ4v) is 2.11. The summed E-state index contributed by atoms with van der Waals surface area (Å²) < 4.78 is 11.4. The van der Waals surface area contributed by atoms with Gasteiger partial charge in [0.15, 0.2) is 0 Å². The van der Waals surface area contributed by atoms with E-state index in [1.807, 2.05) is 19.9 Å². The van der Waals surface area contributed by atoms with E-state index in [9.17, 15) is 0 Å². The molecule has 0 fully saturated rings. The molecule has 2 heteroatoms. The van der Waals surface area contributed by atoms with Crippen molar-refractivity contribution >= 4 is 11.0 Å². The van der Waals surface area contributed by atoms with Crippen LogP contribution >= 0.6 is 0 Å². The van der Waals surface area contributed by atoms with Gasteiger partial charge in [-0.15, -0.1) is 0 Å². The molecule has 0 bridgehead atoms. The fourth-order valence-electron chi connectivity index (χ4n) is 2.11. The Balaban J connectivity index is 2.26. The van der Waals surface area contributed by atoms with Crippen LogP contribution in [0.4, 0.5) is 0 Å². The maximum Gasteiger partial charge on any atom is 0.134 e. The van der Waals surface area contributed by atoms with Crippen LogP contribution in [-0.4, -0.2) is 6.10 Å². The highest BCUT2D eigenvalue weighted by Gasteiger charge is 2.09. The lowest BCUT2D eigenvalue weighted by molar-refractivity contribution is 0.0553. The molecule has 0 N–H and O–H groups in total. The van der Waals surface area contributed by atoms with Gasteiger partial charge < -0.3 is 9.15 Å². The van der Waals surface area contributed by atoms with E-state index in [4.69, 9.17) is 9.15 Å². The maximum absolute atomic E-state index is 5.82. The second-order valence-electron chi connectivity index (χ2n) is 5.50. The highest BCUT2D eigenvalue weighted by Crippen LogP contribution is 2.25. The predicted molar refractivity (Wildman–Crippen MR) is 74.7 cm³/mol. The highest BCUT2D eigenvalue weighted by molar-refractivity contribution is 5.81. The first-order valence-corrected chi connectivity index (χ1v) is 6.68. The van der Waals surface area contributed by atoms with E-state index in [0.717, 1.165) is 17.8 Å². The number of furan rings is 1. The Labute approximate surface area is 109 Å². The number of rotatable bonds is 5. The predicted octanol–water partition coefficient (Wildman–Crippen LogP) is 4.56. The van der Waals surface area contributed by atoms with Gasteiger partial charge in [0.1, 0.15) is 18.0 Å². The quantitative estimate of drug-likeness (QED) is 0.771. The van der Waals surface area contributed by atoms with E-state index < -0.39 is 0 Å². The number of benzene rings is 1. The van der Waals surface area contributed by atoms with E-state index in [-0.39, 0.29) is 6.10 Å². The normalized spacial score (nSPS) is 11.9. The van der Waals surface area contributed by atoms with Gasteiger partial charge in [-0.2, -0.15) is 0 Å². The molecular weight excluding hydrogens is 224 g/mol. The molecule has 0 saturated heterocycles. The summed E-state index contributed by atoms with van der Waals surface area (Å²) in [6.45, 7) is 9.09. The van der Waals surface area contributed by atoms with Gasteiger partial charge in [0.2, 0.25) is 0 Å². The molecule has 0 aliphatic rings. The van der Waals surface area contributed by atoms with E-state index in [1.165, 1.54) is 10.9 Å². The largest absolute Gasteiger partial charge is 0.459 e. The van der Waals surface area contributed by atoms with Crippen LogP contribution in [0.1, 0.15) is 39.0 Å². The Morgan fingerprint density at radius 2 is 1.94 bits per heavy atom. The maximum atomic E-state index is 5.82. The van der Waals surface area contributed by atoms with Crippen LogP contribution in [0.2, 0.25) is 0 Å². The average Bonchev–Trinajstić information content (AvgIpc) is 2.69. The van der Waals surface area contributed by atoms with Crippen LogP contribution in [0, 0.1) is 5.92 Å². The monoisotopic (exact) mass is 246 g/mol. The van der Waals surface area contributed by atoms with Gasteiger partial charge in [0, 0.05) is 5.39 Å². The van der Waals surface area contributed by atoms with Gasteiger partial charge in [-0.25, -0.2) is 0 Å². The Hall–Kier alpha value is -1.28. The molecule has 1 aromatic carbocycles. The molecule has 98 valence electrons. The Morgan fingerprint density at radius 1 is 1.17 bits per heavy atom. The van der Waals surface area contributed by atoms with Gasteiger partial charge >= 0.3 is 0 Å². The summed E-state index contributed by atoms with van der Waals surface area (Å²) in [7, 11) is 0. The zero-order valence-electron chi connectivity index (χ0n) is 11.7. The smallest absolute Gasteiger partial charge is 0.134 e. The SMILES string of the molecule is CC(C)Cc1cccc2oc(COC(C)C)cc12. The van der Waals surface area contributed by atoms with Crippen molar-refractivity contribution in [1.29, 1.82) is 0 Å². The highest BCUT2D eigenvalue weighted by atomic mass is 16.5. The van der Waals surface area contributed by atoms with Crippen molar-refractivity contribution in [3.63, 3.8) is 0 Å². The number of hydrogen-bond donors (Lipinski definition) is 0. The second kappa shape index (κ2) is 5.57. The minimum Gasteiger partial charge on any atom is -0.459 e. The molecule has 1 aromatic heterocycles. The third-order valence-corrected chi connectivity index (χ3v) is 2.89. The van der Waals surface area contributed by atoms with E-state index >= 15 is 0 Å². The summed E-state index contributed by atoms with van der Waals surface area (Å²) in [6, 6.07) is 8.40. The Bertz CT molecular complexity index is 509. The molecule has 0 unspecified atom stereocenters. The van der Waals surface area contributed by atoms with Crippen LogP contribution in [-0.2, 0) is 17.8 Å². The molecule has 2 aromatic rings. The van der Waals surface area contributed by atoms with Crippen LogP contribution in [0.15, 0.2) is 28.7 Å². The third-order valence-electron chi connectivity index (χ3n) is 2.89. The molecule has 0 amide bonds. The van der Waals surface area contributed by atoms with Crippen molar-refractivity contribution in [2.24, 2.45) is 5.92 Å². The van der Waals surface area contributed by atoms with Crippen molar-refractivity contribution in [2.45, 2.75) is 46.8 Å². The fraction of sp³-hybridized carbons (Fsp3) is 0.500. The molecule has 0 aliphatic carbocycles. The van der Waals surface area contributed by atoms with Crippen molar-refractivity contribution in [1.82, 2.24) is 0 Å².